The topological polar surface area (TPSA) is 66.4 Å². The highest BCUT2D eigenvalue weighted by atomic mass is 79.9. The average molecular weight is 354 g/mol. The molecule has 0 radical (unpaired) electrons. The molecule has 2 rings (SSSR count). The van der Waals surface area contributed by atoms with Crippen LogP contribution < -0.4 is 5.32 Å². The number of benzene rings is 1. The quantitative estimate of drug-likeness (QED) is 0.868. The lowest BCUT2D eigenvalue weighted by Crippen LogP contribution is -2.56. The molecule has 0 aliphatic heterocycles. The number of carbonyl (C=O) groups excluding carboxylic acids is 1. The van der Waals surface area contributed by atoms with Crippen molar-refractivity contribution in [1.29, 1.82) is 0 Å². The minimum atomic E-state index is -1.12. The highest BCUT2D eigenvalue weighted by molar-refractivity contribution is 9.10. The SMILES string of the molecule is CCC1CCC(NC(=O)c2ccc(Br)cc2)(C(=O)O)CC1. The van der Waals surface area contributed by atoms with E-state index in [4.69, 9.17) is 0 Å². The Balaban J connectivity index is 2.12. The van der Waals surface area contributed by atoms with Crippen molar-refractivity contribution in [3.63, 3.8) is 0 Å². The summed E-state index contributed by atoms with van der Waals surface area (Å²) in [6.07, 6.45) is 3.77. The molecule has 1 aromatic carbocycles. The fraction of sp³-hybridized carbons (Fsp3) is 0.500. The van der Waals surface area contributed by atoms with Crippen LogP contribution in [0.5, 0.6) is 0 Å². The predicted octanol–water partition coefficient (Wildman–Crippen LogP) is 3.60. The third-order valence-electron chi connectivity index (χ3n) is 4.40. The zero-order chi connectivity index (χ0) is 15.5. The van der Waals surface area contributed by atoms with Crippen molar-refractivity contribution in [3.8, 4) is 0 Å². The first-order valence-corrected chi connectivity index (χ1v) is 8.07. The molecular weight excluding hydrogens is 334 g/mol. The molecule has 0 aromatic heterocycles. The van der Waals surface area contributed by atoms with E-state index in [-0.39, 0.29) is 5.91 Å². The van der Waals surface area contributed by atoms with E-state index < -0.39 is 11.5 Å². The second-order valence-electron chi connectivity index (χ2n) is 5.70. The van der Waals surface area contributed by atoms with Crippen molar-refractivity contribution in [2.24, 2.45) is 5.92 Å². The third kappa shape index (κ3) is 3.64. The zero-order valence-corrected chi connectivity index (χ0v) is 13.6. The van der Waals surface area contributed by atoms with E-state index in [1.54, 1.807) is 24.3 Å². The van der Waals surface area contributed by atoms with Gasteiger partial charge >= 0.3 is 5.97 Å². The van der Waals surface area contributed by atoms with Crippen LogP contribution in [0.15, 0.2) is 28.7 Å². The summed E-state index contributed by atoms with van der Waals surface area (Å²) < 4.78 is 0.885. The summed E-state index contributed by atoms with van der Waals surface area (Å²) in [5, 5.41) is 12.3. The molecule has 1 aromatic rings. The van der Waals surface area contributed by atoms with E-state index in [9.17, 15) is 14.7 Å². The van der Waals surface area contributed by atoms with Gasteiger partial charge in [0.15, 0.2) is 0 Å². The largest absolute Gasteiger partial charge is 0.480 e. The standard InChI is InChI=1S/C16H20BrNO3/c1-2-11-7-9-16(10-8-11,15(20)21)18-14(19)12-3-5-13(17)6-4-12/h3-6,11H,2,7-10H2,1H3,(H,18,19)(H,20,21). The number of rotatable bonds is 4. The number of aliphatic carboxylic acids is 1. The van der Waals surface area contributed by atoms with Gasteiger partial charge in [-0.1, -0.05) is 29.3 Å². The number of hydrogen-bond donors (Lipinski definition) is 2. The van der Waals surface area contributed by atoms with Gasteiger partial charge in [-0.05, 0) is 55.9 Å². The third-order valence-corrected chi connectivity index (χ3v) is 4.93. The van der Waals surface area contributed by atoms with Crippen LogP contribution in [0.2, 0.25) is 0 Å². The lowest BCUT2D eigenvalue weighted by molar-refractivity contribution is -0.146. The highest BCUT2D eigenvalue weighted by Gasteiger charge is 2.43. The average Bonchev–Trinajstić information content (AvgIpc) is 2.48. The van der Waals surface area contributed by atoms with E-state index in [1.165, 1.54) is 0 Å². The van der Waals surface area contributed by atoms with Crippen molar-refractivity contribution < 1.29 is 14.7 Å². The van der Waals surface area contributed by atoms with Crippen LogP contribution in [0.25, 0.3) is 0 Å². The highest BCUT2D eigenvalue weighted by Crippen LogP contribution is 2.34. The molecule has 0 unspecified atom stereocenters. The molecular formula is C16H20BrNO3. The first kappa shape index (κ1) is 16.0. The Kier molecular flexibility index (Phi) is 5.04. The number of nitrogens with one attached hydrogen (secondary N) is 1. The van der Waals surface area contributed by atoms with Crippen LogP contribution in [0, 0.1) is 5.92 Å². The summed E-state index contributed by atoms with van der Waals surface area (Å²) in [4.78, 5) is 24.0. The molecule has 114 valence electrons. The molecule has 1 aliphatic rings. The monoisotopic (exact) mass is 353 g/mol. The molecule has 21 heavy (non-hydrogen) atoms. The van der Waals surface area contributed by atoms with Crippen molar-refractivity contribution in [2.75, 3.05) is 0 Å². The Labute approximate surface area is 133 Å². The molecule has 4 nitrogen and oxygen atoms in total. The summed E-state index contributed by atoms with van der Waals surface area (Å²) >= 11 is 3.32. The maximum atomic E-state index is 12.3. The Morgan fingerprint density at radius 2 is 1.86 bits per heavy atom. The smallest absolute Gasteiger partial charge is 0.329 e. The van der Waals surface area contributed by atoms with Crippen molar-refractivity contribution >= 4 is 27.8 Å². The fourth-order valence-electron chi connectivity index (χ4n) is 2.86. The van der Waals surface area contributed by atoms with Crippen LogP contribution in [0.1, 0.15) is 49.4 Å². The molecule has 1 fully saturated rings. The molecule has 0 bridgehead atoms. The van der Waals surface area contributed by atoms with Gasteiger partial charge in [0, 0.05) is 10.0 Å². The van der Waals surface area contributed by atoms with Crippen LogP contribution in [-0.2, 0) is 4.79 Å². The molecule has 1 aliphatic carbocycles. The van der Waals surface area contributed by atoms with E-state index in [2.05, 4.69) is 28.2 Å². The molecule has 0 saturated heterocycles. The minimum absolute atomic E-state index is 0.320. The molecule has 2 N–H and O–H groups in total. The molecule has 0 heterocycles. The van der Waals surface area contributed by atoms with Crippen molar-refractivity contribution in [2.45, 2.75) is 44.6 Å². The number of carbonyl (C=O) groups is 2. The van der Waals surface area contributed by atoms with E-state index in [1.807, 2.05) is 0 Å². The molecule has 0 spiro atoms. The lowest BCUT2D eigenvalue weighted by Gasteiger charge is -2.37. The molecule has 1 amide bonds. The number of hydrogen-bond acceptors (Lipinski definition) is 2. The normalized spacial score (nSPS) is 25.3. The van der Waals surface area contributed by atoms with Crippen LogP contribution in [-0.4, -0.2) is 22.5 Å². The Morgan fingerprint density at radius 1 is 1.29 bits per heavy atom. The second-order valence-corrected chi connectivity index (χ2v) is 6.62. The number of carboxylic acid groups (broad SMARTS) is 1. The predicted molar refractivity (Wildman–Crippen MR) is 84.2 cm³/mol. The van der Waals surface area contributed by atoms with E-state index in [0.29, 0.717) is 24.3 Å². The fourth-order valence-corrected chi connectivity index (χ4v) is 3.13. The van der Waals surface area contributed by atoms with Crippen LogP contribution >= 0.6 is 15.9 Å². The molecule has 5 heteroatoms. The molecule has 1 saturated carbocycles. The second kappa shape index (κ2) is 6.60. The van der Waals surface area contributed by atoms with E-state index in [0.717, 1.165) is 23.7 Å². The lowest BCUT2D eigenvalue weighted by atomic mass is 9.75. The first-order chi connectivity index (χ1) is 9.97. The molecule has 0 atom stereocenters. The van der Waals surface area contributed by atoms with Crippen LogP contribution in [0.3, 0.4) is 0 Å². The summed E-state index contributed by atoms with van der Waals surface area (Å²) in [6.45, 7) is 2.12. The van der Waals surface area contributed by atoms with Crippen molar-refractivity contribution in [3.05, 3.63) is 34.3 Å². The van der Waals surface area contributed by atoms with Gasteiger partial charge in [0.05, 0.1) is 0 Å². The van der Waals surface area contributed by atoms with Gasteiger partial charge in [0.2, 0.25) is 0 Å². The maximum Gasteiger partial charge on any atom is 0.329 e. The van der Waals surface area contributed by atoms with Gasteiger partial charge in [-0.15, -0.1) is 0 Å². The van der Waals surface area contributed by atoms with Gasteiger partial charge in [0.1, 0.15) is 5.54 Å². The zero-order valence-electron chi connectivity index (χ0n) is 12.1. The number of halogens is 1. The Bertz CT molecular complexity index is 519. The van der Waals surface area contributed by atoms with Gasteiger partial charge < -0.3 is 10.4 Å². The maximum absolute atomic E-state index is 12.3. The van der Waals surface area contributed by atoms with Crippen LogP contribution in [0.4, 0.5) is 0 Å². The summed E-state index contributed by atoms with van der Waals surface area (Å²) in [7, 11) is 0. The summed E-state index contributed by atoms with van der Waals surface area (Å²) in [5.41, 5.74) is -0.632. The van der Waals surface area contributed by atoms with Crippen molar-refractivity contribution in [1.82, 2.24) is 5.32 Å². The Hall–Kier alpha value is -1.36. The van der Waals surface area contributed by atoms with E-state index >= 15 is 0 Å². The Morgan fingerprint density at radius 3 is 2.33 bits per heavy atom. The van der Waals surface area contributed by atoms with Gasteiger partial charge in [-0.25, -0.2) is 4.79 Å². The van der Waals surface area contributed by atoms with Gasteiger partial charge in [0.25, 0.3) is 5.91 Å². The van der Waals surface area contributed by atoms with Gasteiger partial charge in [-0.3, -0.25) is 4.79 Å². The summed E-state index contributed by atoms with van der Waals surface area (Å²) in [6, 6.07) is 6.92. The van der Waals surface area contributed by atoms with Gasteiger partial charge in [-0.2, -0.15) is 0 Å². The number of amides is 1. The summed E-state index contributed by atoms with van der Waals surface area (Å²) in [5.74, 6) is -0.676. The minimum Gasteiger partial charge on any atom is -0.480 e. The first-order valence-electron chi connectivity index (χ1n) is 7.28. The number of carboxylic acids is 1.